The van der Waals surface area contributed by atoms with E-state index in [2.05, 4.69) is 9.97 Å². The molecule has 0 aliphatic carbocycles. The van der Waals surface area contributed by atoms with Gasteiger partial charge in [-0.25, -0.2) is 9.97 Å². The van der Waals surface area contributed by atoms with Crippen molar-refractivity contribution in [2.24, 2.45) is 0 Å². The standard InChI is InChI=1S/C17H12N2O2S/c20-15(13-7-4-10-22-13)12-8-9-18-17-14(12)19-16(21-17)11-5-2-1-3-6-11/h1-10,15,20H. The van der Waals surface area contributed by atoms with Crippen LogP contribution in [0.5, 0.6) is 0 Å². The van der Waals surface area contributed by atoms with Gasteiger partial charge in [0.2, 0.25) is 11.6 Å². The molecule has 0 amide bonds. The average molecular weight is 308 g/mol. The van der Waals surface area contributed by atoms with Gasteiger partial charge in [-0.05, 0) is 29.6 Å². The van der Waals surface area contributed by atoms with Crippen LogP contribution in [0, 0.1) is 0 Å². The molecule has 4 aromatic rings. The summed E-state index contributed by atoms with van der Waals surface area (Å²) < 4.78 is 5.73. The minimum absolute atomic E-state index is 0.437. The lowest BCUT2D eigenvalue weighted by atomic mass is 10.1. The summed E-state index contributed by atoms with van der Waals surface area (Å²) in [6, 6.07) is 15.3. The van der Waals surface area contributed by atoms with Crippen LogP contribution in [0.2, 0.25) is 0 Å². The van der Waals surface area contributed by atoms with Crippen molar-refractivity contribution in [1.82, 2.24) is 9.97 Å². The van der Waals surface area contributed by atoms with Crippen molar-refractivity contribution in [1.29, 1.82) is 0 Å². The first kappa shape index (κ1) is 13.2. The number of oxazole rings is 1. The monoisotopic (exact) mass is 308 g/mol. The number of aliphatic hydroxyl groups excluding tert-OH is 1. The van der Waals surface area contributed by atoms with Gasteiger partial charge in [0.05, 0.1) is 0 Å². The van der Waals surface area contributed by atoms with Crippen molar-refractivity contribution >= 4 is 22.6 Å². The molecule has 0 saturated carbocycles. The molecule has 0 saturated heterocycles. The lowest BCUT2D eigenvalue weighted by Gasteiger charge is -2.08. The summed E-state index contributed by atoms with van der Waals surface area (Å²) in [6.45, 7) is 0. The number of fused-ring (bicyclic) bond motifs is 1. The Balaban J connectivity index is 1.85. The Morgan fingerprint density at radius 2 is 1.91 bits per heavy atom. The van der Waals surface area contributed by atoms with Gasteiger partial charge in [0, 0.05) is 22.2 Å². The van der Waals surface area contributed by atoms with E-state index in [1.54, 1.807) is 12.3 Å². The van der Waals surface area contributed by atoms with Gasteiger partial charge in [-0.2, -0.15) is 0 Å². The van der Waals surface area contributed by atoms with Crippen LogP contribution < -0.4 is 0 Å². The van der Waals surface area contributed by atoms with Crippen LogP contribution in [0.3, 0.4) is 0 Å². The molecule has 0 aliphatic heterocycles. The maximum atomic E-state index is 10.6. The molecular formula is C17H12N2O2S. The van der Waals surface area contributed by atoms with Crippen LogP contribution >= 0.6 is 11.3 Å². The van der Waals surface area contributed by atoms with E-state index in [1.165, 1.54) is 11.3 Å². The Kier molecular flexibility index (Phi) is 3.21. The molecule has 3 aromatic heterocycles. The molecule has 0 bridgehead atoms. The average Bonchev–Trinajstić information content (AvgIpc) is 3.24. The van der Waals surface area contributed by atoms with Crippen molar-refractivity contribution in [2.45, 2.75) is 6.10 Å². The molecule has 3 heterocycles. The van der Waals surface area contributed by atoms with Gasteiger partial charge >= 0.3 is 0 Å². The highest BCUT2D eigenvalue weighted by molar-refractivity contribution is 7.10. The SMILES string of the molecule is OC(c1cccs1)c1ccnc2oc(-c3ccccc3)nc12. The minimum Gasteiger partial charge on any atom is -0.418 e. The Labute approximate surface area is 130 Å². The number of rotatable bonds is 3. The predicted molar refractivity (Wildman–Crippen MR) is 85.6 cm³/mol. The van der Waals surface area contributed by atoms with Gasteiger partial charge < -0.3 is 9.52 Å². The van der Waals surface area contributed by atoms with Gasteiger partial charge in [-0.15, -0.1) is 11.3 Å². The van der Waals surface area contributed by atoms with Gasteiger partial charge in [0.1, 0.15) is 11.6 Å². The zero-order valence-electron chi connectivity index (χ0n) is 11.5. The highest BCUT2D eigenvalue weighted by Crippen LogP contribution is 2.32. The Morgan fingerprint density at radius 1 is 1.05 bits per heavy atom. The molecule has 4 nitrogen and oxygen atoms in total. The fraction of sp³-hybridized carbons (Fsp3) is 0.0588. The van der Waals surface area contributed by atoms with Crippen LogP contribution in [0.1, 0.15) is 16.5 Å². The van der Waals surface area contributed by atoms with E-state index in [0.717, 1.165) is 10.4 Å². The molecular weight excluding hydrogens is 296 g/mol. The smallest absolute Gasteiger partial charge is 0.247 e. The second-order valence-electron chi connectivity index (χ2n) is 4.86. The molecule has 22 heavy (non-hydrogen) atoms. The van der Waals surface area contributed by atoms with Crippen molar-refractivity contribution < 1.29 is 9.52 Å². The number of thiophene rings is 1. The Hall–Kier alpha value is -2.50. The number of hydrogen-bond donors (Lipinski definition) is 1. The van der Waals surface area contributed by atoms with E-state index in [4.69, 9.17) is 4.42 Å². The molecule has 0 fully saturated rings. The van der Waals surface area contributed by atoms with Crippen molar-refractivity contribution in [2.75, 3.05) is 0 Å². The number of aromatic nitrogens is 2. The third kappa shape index (κ3) is 2.20. The van der Waals surface area contributed by atoms with E-state index < -0.39 is 6.10 Å². The number of hydrogen-bond acceptors (Lipinski definition) is 5. The van der Waals surface area contributed by atoms with E-state index in [1.807, 2.05) is 47.8 Å². The van der Waals surface area contributed by atoms with Gasteiger partial charge in [-0.1, -0.05) is 24.3 Å². The van der Waals surface area contributed by atoms with Crippen LogP contribution in [0.15, 0.2) is 64.5 Å². The molecule has 0 aliphatic rings. The molecule has 1 atom stereocenters. The fourth-order valence-electron chi connectivity index (χ4n) is 2.38. The second kappa shape index (κ2) is 5.36. The summed E-state index contributed by atoms with van der Waals surface area (Å²) >= 11 is 1.51. The van der Waals surface area contributed by atoms with E-state index in [9.17, 15) is 5.11 Å². The predicted octanol–water partition coefficient (Wildman–Crippen LogP) is 4.03. The van der Waals surface area contributed by atoms with Gasteiger partial charge in [0.15, 0.2) is 0 Å². The molecule has 4 rings (SSSR count). The molecule has 1 aromatic carbocycles. The van der Waals surface area contributed by atoms with Crippen molar-refractivity contribution in [3.63, 3.8) is 0 Å². The van der Waals surface area contributed by atoms with Gasteiger partial charge in [-0.3, -0.25) is 0 Å². The Morgan fingerprint density at radius 3 is 2.68 bits per heavy atom. The number of pyridine rings is 1. The lowest BCUT2D eigenvalue weighted by molar-refractivity contribution is 0.225. The molecule has 1 unspecified atom stereocenters. The summed E-state index contributed by atoms with van der Waals surface area (Å²) in [4.78, 5) is 9.62. The molecule has 5 heteroatoms. The number of nitrogens with zero attached hydrogens (tertiary/aromatic N) is 2. The maximum Gasteiger partial charge on any atom is 0.247 e. The topological polar surface area (TPSA) is 59.2 Å². The fourth-order valence-corrected chi connectivity index (χ4v) is 3.10. The minimum atomic E-state index is -0.723. The Bertz CT molecular complexity index is 901. The summed E-state index contributed by atoms with van der Waals surface area (Å²) in [6.07, 6.45) is 0.910. The summed E-state index contributed by atoms with van der Waals surface area (Å²) in [5, 5.41) is 12.5. The number of aliphatic hydroxyl groups is 1. The van der Waals surface area contributed by atoms with Crippen molar-refractivity contribution in [3.05, 3.63) is 70.5 Å². The molecule has 0 radical (unpaired) electrons. The van der Waals surface area contributed by atoms with Gasteiger partial charge in [0.25, 0.3) is 0 Å². The van der Waals surface area contributed by atoms with E-state index in [0.29, 0.717) is 22.7 Å². The summed E-state index contributed by atoms with van der Waals surface area (Å²) in [5.41, 5.74) is 2.63. The van der Waals surface area contributed by atoms with E-state index >= 15 is 0 Å². The van der Waals surface area contributed by atoms with E-state index in [-0.39, 0.29) is 0 Å². The first-order valence-corrected chi connectivity index (χ1v) is 7.73. The van der Waals surface area contributed by atoms with Crippen LogP contribution in [-0.4, -0.2) is 15.1 Å². The van der Waals surface area contributed by atoms with Crippen molar-refractivity contribution in [3.8, 4) is 11.5 Å². The zero-order chi connectivity index (χ0) is 14.9. The van der Waals surface area contributed by atoms with Crippen LogP contribution in [0.25, 0.3) is 22.7 Å². The summed E-state index contributed by atoms with van der Waals surface area (Å²) in [5.74, 6) is 0.508. The highest BCUT2D eigenvalue weighted by atomic mass is 32.1. The normalized spacial score (nSPS) is 12.6. The first-order valence-electron chi connectivity index (χ1n) is 6.85. The third-order valence-corrected chi connectivity index (χ3v) is 4.38. The first-order chi connectivity index (χ1) is 10.8. The quantitative estimate of drug-likeness (QED) is 0.620. The number of benzene rings is 1. The lowest BCUT2D eigenvalue weighted by Crippen LogP contribution is -1.98. The van der Waals surface area contributed by atoms with Crippen LogP contribution in [0.4, 0.5) is 0 Å². The largest absolute Gasteiger partial charge is 0.418 e. The molecule has 1 N–H and O–H groups in total. The second-order valence-corrected chi connectivity index (χ2v) is 5.84. The zero-order valence-corrected chi connectivity index (χ0v) is 12.3. The highest BCUT2D eigenvalue weighted by Gasteiger charge is 2.19. The third-order valence-electron chi connectivity index (χ3n) is 3.46. The van der Waals surface area contributed by atoms with Crippen LogP contribution in [-0.2, 0) is 0 Å². The summed E-state index contributed by atoms with van der Waals surface area (Å²) in [7, 11) is 0. The molecule has 108 valence electrons. The maximum absolute atomic E-state index is 10.6. The molecule has 0 spiro atoms.